The van der Waals surface area contributed by atoms with Gasteiger partial charge in [-0.1, -0.05) is 11.6 Å². The minimum atomic E-state index is -3.20. The minimum Gasteiger partial charge on any atom is -0.497 e. The van der Waals surface area contributed by atoms with E-state index in [4.69, 9.17) is 22.1 Å². The molecule has 5 heteroatoms. The van der Waals surface area contributed by atoms with Crippen LogP contribution >= 0.6 is 11.6 Å². The summed E-state index contributed by atoms with van der Waals surface area (Å²) in [6, 6.07) is 4.01. The van der Waals surface area contributed by atoms with Crippen molar-refractivity contribution in [2.24, 2.45) is 5.73 Å². The first kappa shape index (κ1) is 13.2. The van der Waals surface area contributed by atoms with Gasteiger partial charge in [-0.25, -0.2) is 0 Å². The van der Waals surface area contributed by atoms with Crippen molar-refractivity contribution in [3.05, 3.63) is 28.8 Å². The second-order valence-corrected chi connectivity index (χ2v) is 4.55. The zero-order valence-corrected chi connectivity index (χ0v) is 10.1. The third-order valence-corrected chi connectivity index (χ3v) is 2.64. The molecule has 0 fully saturated rings. The van der Waals surface area contributed by atoms with Gasteiger partial charge in [0.25, 0.3) is 5.92 Å². The van der Waals surface area contributed by atoms with Crippen molar-refractivity contribution in [2.45, 2.75) is 25.3 Å². The SMILES string of the molecule is COc1ccc(C(F)(F)C(C)(C)N)c(Cl)c1. The molecule has 16 heavy (non-hydrogen) atoms. The number of rotatable bonds is 3. The molecule has 0 radical (unpaired) electrons. The fraction of sp³-hybridized carbons (Fsp3) is 0.455. The molecule has 2 nitrogen and oxygen atoms in total. The number of hydrogen-bond acceptors (Lipinski definition) is 2. The van der Waals surface area contributed by atoms with Crippen molar-refractivity contribution in [3.8, 4) is 5.75 Å². The Morgan fingerprint density at radius 1 is 1.31 bits per heavy atom. The third-order valence-electron chi connectivity index (χ3n) is 2.32. The van der Waals surface area contributed by atoms with E-state index in [0.717, 1.165) is 0 Å². The normalized spacial score (nSPS) is 12.7. The lowest BCUT2D eigenvalue weighted by Gasteiger charge is -2.31. The first-order valence-corrected chi connectivity index (χ1v) is 5.08. The van der Waals surface area contributed by atoms with E-state index in [9.17, 15) is 8.78 Å². The summed E-state index contributed by atoms with van der Waals surface area (Å²) in [5, 5.41) is -0.0529. The molecule has 0 aromatic heterocycles. The fourth-order valence-electron chi connectivity index (χ4n) is 1.22. The zero-order chi connectivity index (χ0) is 12.6. The Labute approximate surface area is 98.3 Å². The van der Waals surface area contributed by atoms with Crippen LogP contribution in [0.2, 0.25) is 5.02 Å². The van der Waals surface area contributed by atoms with E-state index in [1.165, 1.54) is 39.2 Å². The number of nitrogens with two attached hydrogens (primary N) is 1. The summed E-state index contributed by atoms with van der Waals surface area (Å²) < 4.78 is 32.7. The summed E-state index contributed by atoms with van der Waals surface area (Å²) in [7, 11) is 1.44. The van der Waals surface area contributed by atoms with Crippen LogP contribution in [0.25, 0.3) is 0 Å². The van der Waals surface area contributed by atoms with Crippen LogP contribution in [0.4, 0.5) is 8.78 Å². The average Bonchev–Trinajstić information content (AvgIpc) is 2.15. The second kappa shape index (κ2) is 4.18. The monoisotopic (exact) mass is 249 g/mol. The molecule has 0 saturated heterocycles. The zero-order valence-electron chi connectivity index (χ0n) is 9.35. The number of methoxy groups -OCH3 is 1. The number of hydrogen-bond donors (Lipinski definition) is 1. The van der Waals surface area contributed by atoms with Gasteiger partial charge in [-0.2, -0.15) is 8.78 Å². The number of alkyl halides is 2. The Hall–Kier alpha value is -0.870. The molecule has 0 spiro atoms. The van der Waals surface area contributed by atoms with Crippen LogP contribution in [-0.4, -0.2) is 12.6 Å². The molecule has 1 aromatic carbocycles. The highest BCUT2D eigenvalue weighted by atomic mass is 35.5. The fourth-order valence-corrected chi connectivity index (χ4v) is 1.51. The Balaban J connectivity index is 3.24. The van der Waals surface area contributed by atoms with Gasteiger partial charge in [-0.05, 0) is 32.0 Å². The second-order valence-electron chi connectivity index (χ2n) is 4.14. The molecule has 0 aliphatic carbocycles. The van der Waals surface area contributed by atoms with Crippen molar-refractivity contribution < 1.29 is 13.5 Å². The van der Waals surface area contributed by atoms with Crippen molar-refractivity contribution in [3.63, 3.8) is 0 Å². The number of benzene rings is 1. The van der Waals surface area contributed by atoms with E-state index >= 15 is 0 Å². The van der Waals surface area contributed by atoms with Crippen LogP contribution in [-0.2, 0) is 5.92 Å². The van der Waals surface area contributed by atoms with Gasteiger partial charge in [0.15, 0.2) is 0 Å². The van der Waals surface area contributed by atoms with E-state index in [0.29, 0.717) is 5.75 Å². The van der Waals surface area contributed by atoms with E-state index in [1.807, 2.05) is 0 Å². The van der Waals surface area contributed by atoms with Crippen LogP contribution in [0, 0.1) is 0 Å². The van der Waals surface area contributed by atoms with Crippen LogP contribution in [0.3, 0.4) is 0 Å². The molecule has 0 atom stereocenters. The highest BCUT2D eigenvalue weighted by molar-refractivity contribution is 6.31. The van der Waals surface area contributed by atoms with Crippen molar-refractivity contribution in [2.75, 3.05) is 7.11 Å². The Morgan fingerprint density at radius 2 is 1.88 bits per heavy atom. The summed E-state index contributed by atoms with van der Waals surface area (Å²) in [6.07, 6.45) is 0. The summed E-state index contributed by atoms with van der Waals surface area (Å²) in [5.74, 6) is -2.77. The smallest absolute Gasteiger partial charge is 0.291 e. The number of ether oxygens (including phenoxy) is 1. The van der Waals surface area contributed by atoms with Crippen LogP contribution < -0.4 is 10.5 Å². The Kier molecular flexibility index (Phi) is 3.45. The van der Waals surface area contributed by atoms with Gasteiger partial charge in [0.05, 0.1) is 17.7 Å². The lowest BCUT2D eigenvalue weighted by molar-refractivity contribution is -0.0671. The first-order valence-electron chi connectivity index (χ1n) is 4.71. The van der Waals surface area contributed by atoms with Crippen LogP contribution in [0.1, 0.15) is 19.4 Å². The summed E-state index contributed by atoms with van der Waals surface area (Å²) in [4.78, 5) is 0. The van der Waals surface area contributed by atoms with E-state index in [1.54, 1.807) is 0 Å². The Morgan fingerprint density at radius 3 is 2.25 bits per heavy atom. The van der Waals surface area contributed by atoms with E-state index in [-0.39, 0.29) is 10.6 Å². The topological polar surface area (TPSA) is 35.2 Å². The highest BCUT2D eigenvalue weighted by Crippen LogP contribution is 2.41. The predicted molar refractivity (Wildman–Crippen MR) is 60.2 cm³/mol. The van der Waals surface area contributed by atoms with Crippen LogP contribution in [0.5, 0.6) is 5.75 Å². The van der Waals surface area contributed by atoms with Gasteiger partial charge >= 0.3 is 0 Å². The lowest BCUT2D eigenvalue weighted by Crippen LogP contribution is -2.48. The first-order chi connectivity index (χ1) is 7.20. The molecular formula is C11H14ClF2NO. The van der Waals surface area contributed by atoms with Gasteiger partial charge < -0.3 is 10.5 Å². The van der Waals surface area contributed by atoms with Gasteiger partial charge in [0.2, 0.25) is 0 Å². The molecule has 0 unspecified atom stereocenters. The molecule has 0 amide bonds. The molecule has 0 bridgehead atoms. The van der Waals surface area contributed by atoms with Crippen LogP contribution in [0.15, 0.2) is 18.2 Å². The molecule has 0 aliphatic heterocycles. The van der Waals surface area contributed by atoms with Crippen molar-refractivity contribution in [1.29, 1.82) is 0 Å². The number of halogens is 3. The average molecular weight is 250 g/mol. The maximum absolute atomic E-state index is 13.9. The molecule has 2 N–H and O–H groups in total. The van der Waals surface area contributed by atoms with E-state index < -0.39 is 11.5 Å². The molecule has 0 heterocycles. The standard InChI is InChI=1S/C11H14ClF2NO/c1-10(2,15)11(13,14)8-5-4-7(16-3)6-9(8)12/h4-6H,15H2,1-3H3. The third kappa shape index (κ3) is 2.28. The molecule has 1 aromatic rings. The molecule has 0 saturated carbocycles. The van der Waals surface area contributed by atoms with Crippen molar-refractivity contribution >= 4 is 11.6 Å². The summed E-state index contributed by atoms with van der Waals surface area (Å²) >= 11 is 5.78. The molecule has 1 rings (SSSR count). The lowest BCUT2D eigenvalue weighted by atomic mass is 9.91. The minimum absolute atomic E-state index is 0.0529. The Bertz CT molecular complexity index is 388. The quantitative estimate of drug-likeness (QED) is 0.893. The molecular weight excluding hydrogens is 236 g/mol. The maximum atomic E-state index is 13.9. The highest BCUT2D eigenvalue weighted by Gasteiger charge is 2.46. The maximum Gasteiger partial charge on any atom is 0.291 e. The predicted octanol–water partition coefficient (Wildman–Crippen LogP) is 3.18. The van der Waals surface area contributed by atoms with Crippen molar-refractivity contribution in [1.82, 2.24) is 0 Å². The van der Waals surface area contributed by atoms with Gasteiger partial charge in [0, 0.05) is 5.56 Å². The van der Waals surface area contributed by atoms with E-state index in [2.05, 4.69) is 0 Å². The van der Waals surface area contributed by atoms with Gasteiger partial charge in [-0.15, -0.1) is 0 Å². The largest absolute Gasteiger partial charge is 0.497 e. The molecule has 0 aliphatic rings. The van der Waals surface area contributed by atoms with Gasteiger partial charge in [-0.3, -0.25) is 0 Å². The summed E-state index contributed by atoms with van der Waals surface area (Å²) in [6.45, 7) is 2.52. The summed E-state index contributed by atoms with van der Waals surface area (Å²) in [5.41, 5.74) is 3.48. The molecule has 90 valence electrons. The van der Waals surface area contributed by atoms with Gasteiger partial charge in [0.1, 0.15) is 5.75 Å².